The van der Waals surface area contributed by atoms with Gasteiger partial charge in [-0.1, -0.05) is 18.7 Å². The molecule has 1 N–H and O–H groups in total. The first-order valence-corrected chi connectivity index (χ1v) is 7.96. The second kappa shape index (κ2) is 6.76. The van der Waals surface area contributed by atoms with Crippen molar-refractivity contribution in [1.82, 2.24) is 24.7 Å². The van der Waals surface area contributed by atoms with Gasteiger partial charge in [-0.15, -0.1) is 0 Å². The van der Waals surface area contributed by atoms with E-state index in [1.54, 1.807) is 4.68 Å². The van der Waals surface area contributed by atoms with Crippen LogP contribution in [0.4, 0.5) is 5.82 Å². The molecule has 0 radical (unpaired) electrons. The summed E-state index contributed by atoms with van der Waals surface area (Å²) in [6, 6.07) is 1.94. The van der Waals surface area contributed by atoms with Crippen molar-refractivity contribution in [1.29, 1.82) is 0 Å². The molecule has 0 atom stereocenters. The fourth-order valence-corrected chi connectivity index (χ4v) is 2.57. The zero-order valence-electron chi connectivity index (χ0n) is 11.1. The molecule has 6 nitrogen and oxygen atoms in total. The molecule has 2 aromatic rings. The predicted octanol–water partition coefficient (Wildman–Crippen LogP) is 2.30. The SMILES string of the molecule is CCCNc1cc(Sc2ncnn2C)nc(SC)n1. The summed E-state index contributed by atoms with van der Waals surface area (Å²) in [6.07, 6.45) is 4.56. The lowest BCUT2D eigenvalue weighted by atomic mass is 10.4. The highest BCUT2D eigenvalue weighted by molar-refractivity contribution is 7.99. The monoisotopic (exact) mass is 296 g/mol. The van der Waals surface area contributed by atoms with Crippen molar-refractivity contribution in [3.05, 3.63) is 12.4 Å². The van der Waals surface area contributed by atoms with Crippen molar-refractivity contribution < 1.29 is 0 Å². The lowest BCUT2D eigenvalue weighted by molar-refractivity contribution is 0.684. The Labute approximate surface area is 120 Å². The van der Waals surface area contributed by atoms with Gasteiger partial charge >= 0.3 is 0 Å². The molecule has 102 valence electrons. The smallest absolute Gasteiger partial charge is 0.192 e. The van der Waals surface area contributed by atoms with Crippen LogP contribution in [-0.4, -0.2) is 37.5 Å². The first-order valence-electron chi connectivity index (χ1n) is 5.91. The van der Waals surface area contributed by atoms with Crippen molar-refractivity contribution >= 4 is 29.3 Å². The number of rotatable bonds is 6. The van der Waals surface area contributed by atoms with Gasteiger partial charge in [0.15, 0.2) is 10.3 Å². The summed E-state index contributed by atoms with van der Waals surface area (Å²) in [6.45, 7) is 3.03. The minimum Gasteiger partial charge on any atom is -0.370 e. The van der Waals surface area contributed by atoms with Gasteiger partial charge in [0, 0.05) is 19.7 Å². The number of aryl methyl sites for hydroxylation is 1. The Kier molecular flexibility index (Phi) is 5.03. The standard InChI is InChI=1S/C11H16N6S2/c1-4-5-12-8-6-9(16-10(15-8)18-3)19-11-13-7-14-17(11)2/h6-7H,4-5H2,1-3H3,(H,12,15,16). The van der Waals surface area contributed by atoms with E-state index in [0.29, 0.717) is 0 Å². The average Bonchev–Trinajstić information content (AvgIpc) is 2.81. The Morgan fingerprint density at radius 3 is 2.84 bits per heavy atom. The molecule has 0 unspecified atom stereocenters. The minimum absolute atomic E-state index is 0.755. The second-order valence-electron chi connectivity index (χ2n) is 3.77. The van der Waals surface area contributed by atoms with E-state index >= 15 is 0 Å². The summed E-state index contributed by atoms with van der Waals surface area (Å²) in [4.78, 5) is 13.1. The maximum Gasteiger partial charge on any atom is 0.192 e. The molecule has 2 heterocycles. The van der Waals surface area contributed by atoms with E-state index in [0.717, 1.165) is 34.1 Å². The lowest BCUT2D eigenvalue weighted by Gasteiger charge is -2.07. The number of hydrogen-bond acceptors (Lipinski definition) is 7. The zero-order valence-corrected chi connectivity index (χ0v) is 12.8. The molecule has 0 saturated heterocycles. The van der Waals surface area contributed by atoms with Gasteiger partial charge in [-0.25, -0.2) is 19.6 Å². The Hall–Kier alpha value is -1.28. The largest absolute Gasteiger partial charge is 0.370 e. The molecule has 0 aromatic carbocycles. The highest BCUT2D eigenvalue weighted by atomic mass is 32.2. The van der Waals surface area contributed by atoms with Gasteiger partial charge < -0.3 is 5.32 Å². The summed E-state index contributed by atoms with van der Waals surface area (Å²) in [7, 11) is 1.86. The van der Waals surface area contributed by atoms with Gasteiger partial charge in [0.1, 0.15) is 17.2 Å². The highest BCUT2D eigenvalue weighted by Gasteiger charge is 2.08. The highest BCUT2D eigenvalue weighted by Crippen LogP contribution is 2.26. The fraction of sp³-hybridized carbons (Fsp3) is 0.455. The van der Waals surface area contributed by atoms with Gasteiger partial charge in [-0.2, -0.15) is 5.10 Å². The number of thioether (sulfide) groups is 1. The molecule has 0 bridgehead atoms. The van der Waals surface area contributed by atoms with Crippen LogP contribution >= 0.6 is 23.5 Å². The average molecular weight is 296 g/mol. The topological polar surface area (TPSA) is 68.5 Å². The van der Waals surface area contributed by atoms with Crippen molar-refractivity contribution in [3.8, 4) is 0 Å². The number of aromatic nitrogens is 5. The minimum atomic E-state index is 0.755. The van der Waals surface area contributed by atoms with Gasteiger partial charge in [-0.05, 0) is 24.4 Å². The maximum absolute atomic E-state index is 4.47. The molecule has 2 rings (SSSR count). The summed E-state index contributed by atoms with van der Waals surface area (Å²) < 4.78 is 1.73. The molecule has 0 aliphatic rings. The summed E-state index contributed by atoms with van der Waals surface area (Å²) in [5.41, 5.74) is 0. The van der Waals surface area contributed by atoms with Gasteiger partial charge in [-0.3, -0.25) is 0 Å². The quantitative estimate of drug-likeness (QED) is 0.498. The molecule has 0 saturated carbocycles. The van der Waals surface area contributed by atoms with E-state index in [4.69, 9.17) is 0 Å². The van der Waals surface area contributed by atoms with E-state index in [9.17, 15) is 0 Å². The van der Waals surface area contributed by atoms with Crippen LogP contribution < -0.4 is 5.32 Å². The van der Waals surface area contributed by atoms with Crippen LogP contribution in [0.3, 0.4) is 0 Å². The maximum atomic E-state index is 4.47. The van der Waals surface area contributed by atoms with Crippen molar-refractivity contribution in [2.45, 2.75) is 28.7 Å². The van der Waals surface area contributed by atoms with Crippen LogP contribution in [0.25, 0.3) is 0 Å². The normalized spacial score (nSPS) is 10.7. The molecule has 0 spiro atoms. The molecule has 0 aliphatic heterocycles. The summed E-state index contributed by atoms with van der Waals surface area (Å²) >= 11 is 3.01. The first-order chi connectivity index (χ1) is 9.22. The molecule has 0 amide bonds. The summed E-state index contributed by atoms with van der Waals surface area (Å²) in [5.74, 6) is 0.853. The van der Waals surface area contributed by atoms with Crippen LogP contribution in [0.1, 0.15) is 13.3 Å². The molecule has 8 heteroatoms. The van der Waals surface area contributed by atoms with Crippen molar-refractivity contribution in [2.75, 3.05) is 18.1 Å². The van der Waals surface area contributed by atoms with Crippen LogP contribution in [0.5, 0.6) is 0 Å². The third kappa shape index (κ3) is 3.84. The number of hydrogen-bond donors (Lipinski definition) is 1. The van der Waals surface area contributed by atoms with Crippen LogP contribution in [0, 0.1) is 0 Å². The molecule has 19 heavy (non-hydrogen) atoms. The lowest BCUT2D eigenvalue weighted by Crippen LogP contribution is -2.04. The number of anilines is 1. The van der Waals surface area contributed by atoms with Crippen molar-refractivity contribution in [3.63, 3.8) is 0 Å². The van der Waals surface area contributed by atoms with Gasteiger partial charge in [0.25, 0.3) is 0 Å². The van der Waals surface area contributed by atoms with E-state index in [-0.39, 0.29) is 0 Å². The third-order valence-corrected chi connectivity index (χ3v) is 3.80. The molecule has 0 aliphatic carbocycles. The second-order valence-corrected chi connectivity index (χ2v) is 5.53. The van der Waals surface area contributed by atoms with E-state index < -0.39 is 0 Å². The molecular formula is C11H16N6S2. The Balaban J connectivity index is 2.21. The first kappa shape index (κ1) is 14.1. The molecule has 0 fully saturated rings. The zero-order chi connectivity index (χ0) is 13.7. The van der Waals surface area contributed by atoms with E-state index in [1.807, 2.05) is 19.4 Å². The fourth-order valence-electron chi connectivity index (χ4n) is 1.36. The van der Waals surface area contributed by atoms with E-state index in [2.05, 4.69) is 32.3 Å². The number of nitrogens with one attached hydrogen (secondary N) is 1. The predicted molar refractivity (Wildman–Crippen MR) is 77.7 cm³/mol. The third-order valence-electron chi connectivity index (χ3n) is 2.29. The Bertz CT molecular complexity index is 542. The molecule has 2 aromatic heterocycles. The Morgan fingerprint density at radius 1 is 1.37 bits per heavy atom. The molecular weight excluding hydrogens is 280 g/mol. The van der Waals surface area contributed by atoms with Crippen LogP contribution in [-0.2, 0) is 7.05 Å². The van der Waals surface area contributed by atoms with Gasteiger partial charge in [0.2, 0.25) is 0 Å². The number of nitrogens with zero attached hydrogens (tertiary/aromatic N) is 5. The van der Waals surface area contributed by atoms with Crippen LogP contribution in [0.15, 0.2) is 27.7 Å². The summed E-state index contributed by atoms with van der Waals surface area (Å²) in [5, 5.41) is 9.77. The van der Waals surface area contributed by atoms with Gasteiger partial charge in [0.05, 0.1) is 0 Å². The van der Waals surface area contributed by atoms with Crippen molar-refractivity contribution in [2.24, 2.45) is 7.05 Å². The van der Waals surface area contributed by atoms with E-state index in [1.165, 1.54) is 29.9 Å². The van der Waals surface area contributed by atoms with Crippen LogP contribution in [0.2, 0.25) is 0 Å². The Morgan fingerprint density at radius 2 is 2.21 bits per heavy atom.